The van der Waals surface area contributed by atoms with E-state index in [1.54, 1.807) is 24.3 Å². The number of hydrogen-bond acceptors (Lipinski definition) is 3. The number of amides is 1. The normalized spacial score (nSPS) is 10.7. The number of nitrogens with one attached hydrogen (secondary N) is 2. The highest BCUT2D eigenvalue weighted by atomic mass is 16.5. The lowest BCUT2D eigenvalue weighted by Crippen LogP contribution is -2.15. The molecule has 2 aromatic carbocycles. The number of benzene rings is 2. The molecule has 128 valence electrons. The molecule has 0 atom stereocenters. The van der Waals surface area contributed by atoms with Gasteiger partial charge in [-0.3, -0.25) is 4.79 Å². The van der Waals surface area contributed by atoms with E-state index in [1.165, 1.54) is 7.11 Å². The van der Waals surface area contributed by atoms with Crippen LogP contribution in [0.15, 0.2) is 42.5 Å². The fourth-order valence-corrected chi connectivity index (χ4v) is 2.90. The molecule has 0 aliphatic rings. The van der Waals surface area contributed by atoms with E-state index in [0.29, 0.717) is 11.3 Å². The van der Waals surface area contributed by atoms with Crippen LogP contribution in [-0.4, -0.2) is 24.0 Å². The number of ether oxygens (including phenoxy) is 1. The number of hydrogen-bond donors (Lipinski definition) is 2. The summed E-state index contributed by atoms with van der Waals surface area (Å²) in [6, 6.07) is 12.8. The number of aromatic amines is 1. The first-order valence-corrected chi connectivity index (χ1v) is 8.04. The maximum Gasteiger partial charge on any atom is 0.337 e. The van der Waals surface area contributed by atoms with Gasteiger partial charge in [0.2, 0.25) is 5.91 Å². The summed E-state index contributed by atoms with van der Waals surface area (Å²) in [4.78, 5) is 27.2. The number of carbonyl (C=O) groups excluding carboxylic acids is 2. The Labute approximate surface area is 146 Å². The first-order valence-electron chi connectivity index (χ1n) is 8.04. The Morgan fingerprint density at radius 1 is 1.08 bits per heavy atom. The number of aromatic nitrogens is 1. The molecular formula is C20H20N2O3. The highest BCUT2D eigenvalue weighted by Gasteiger charge is 2.13. The lowest BCUT2D eigenvalue weighted by atomic mass is 10.1. The van der Waals surface area contributed by atoms with Crippen LogP contribution < -0.4 is 5.32 Å². The number of anilines is 1. The van der Waals surface area contributed by atoms with Gasteiger partial charge in [-0.1, -0.05) is 11.6 Å². The van der Waals surface area contributed by atoms with Gasteiger partial charge in [0, 0.05) is 22.3 Å². The summed E-state index contributed by atoms with van der Waals surface area (Å²) in [7, 11) is 1.34. The summed E-state index contributed by atoms with van der Waals surface area (Å²) in [6.07, 6.45) is 0.286. The van der Waals surface area contributed by atoms with Gasteiger partial charge in [-0.15, -0.1) is 0 Å². The van der Waals surface area contributed by atoms with Crippen LogP contribution in [0.1, 0.15) is 27.2 Å². The first kappa shape index (κ1) is 16.8. The number of H-pyrrole nitrogens is 1. The van der Waals surface area contributed by atoms with Gasteiger partial charge in [0.15, 0.2) is 0 Å². The predicted molar refractivity (Wildman–Crippen MR) is 97.9 cm³/mol. The van der Waals surface area contributed by atoms with Gasteiger partial charge in [0.05, 0.1) is 19.1 Å². The lowest BCUT2D eigenvalue weighted by Gasteiger charge is -2.07. The van der Waals surface area contributed by atoms with E-state index >= 15 is 0 Å². The van der Waals surface area contributed by atoms with Gasteiger partial charge < -0.3 is 15.0 Å². The summed E-state index contributed by atoms with van der Waals surface area (Å²) in [5.41, 5.74) is 5.29. The zero-order valence-corrected chi connectivity index (χ0v) is 14.5. The van der Waals surface area contributed by atoms with Crippen LogP contribution in [0.3, 0.4) is 0 Å². The van der Waals surface area contributed by atoms with E-state index in [1.807, 2.05) is 26.0 Å². The molecule has 0 fully saturated rings. The van der Waals surface area contributed by atoms with Crippen LogP contribution in [0, 0.1) is 13.8 Å². The Morgan fingerprint density at radius 2 is 1.80 bits per heavy atom. The van der Waals surface area contributed by atoms with Crippen molar-refractivity contribution in [2.75, 3.05) is 12.4 Å². The van der Waals surface area contributed by atoms with Crippen molar-refractivity contribution in [3.05, 3.63) is 64.8 Å². The van der Waals surface area contributed by atoms with Gasteiger partial charge in [0.25, 0.3) is 0 Å². The molecule has 0 bridgehead atoms. The van der Waals surface area contributed by atoms with Gasteiger partial charge in [-0.05, 0) is 55.8 Å². The van der Waals surface area contributed by atoms with E-state index in [4.69, 9.17) is 0 Å². The smallest absolute Gasteiger partial charge is 0.337 e. The molecule has 0 spiro atoms. The average Bonchev–Trinajstić information content (AvgIpc) is 2.90. The zero-order valence-electron chi connectivity index (χ0n) is 14.5. The second-order valence-corrected chi connectivity index (χ2v) is 6.07. The summed E-state index contributed by atoms with van der Waals surface area (Å²) in [5, 5.41) is 3.94. The van der Waals surface area contributed by atoms with Gasteiger partial charge in [-0.2, -0.15) is 0 Å². The quantitative estimate of drug-likeness (QED) is 0.713. The van der Waals surface area contributed by atoms with Crippen molar-refractivity contribution in [1.29, 1.82) is 0 Å². The van der Waals surface area contributed by atoms with Crippen molar-refractivity contribution in [2.24, 2.45) is 0 Å². The fraction of sp³-hybridized carbons (Fsp3) is 0.200. The standard InChI is InChI=1S/C20H20N2O3/c1-12-4-9-18-17(10-12)16(13(2)21-18)11-19(23)22-15-7-5-14(6-8-15)20(24)25-3/h4-10,21H,11H2,1-3H3,(H,22,23). The Kier molecular flexibility index (Phi) is 4.57. The van der Waals surface area contributed by atoms with Crippen molar-refractivity contribution in [3.8, 4) is 0 Å². The van der Waals surface area contributed by atoms with Crippen molar-refractivity contribution in [1.82, 2.24) is 4.98 Å². The third-order valence-corrected chi connectivity index (χ3v) is 4.20. The SMILES string of the molecule is COC(=O)c1ccc(NC(=O)Cc2c(C)[nH]c3ccc(C)cc23)cc1. The summed E-state index contributed by atoms with van der Waals surface area (Å²) in [6.45, 7) is 4.01. The summed E-state index contributed by atoms with van der Waals surface area (Å²) in [5.74, 6) is -0.501. The molecule has 3 rings (SSSR count). The molecule has 2 N–H and O–H groups in total. The predicted octanol–water partition coefficient (Wildman–Crippen LogP) is 3.75. The molecule has 0 aliphatic carbocycles. The largest absolute Gasteiger partial charge is 0.465 e. The maximum absolute atomic E-state index is 12.4. The highest BCUT2D eigenvalue weighted by molar-refractivity contribution is 5.97. The lowest BCUT2D eigenvalue weighted by molar-refractivity contribution is -0.115. The van der Waals surface area contributed by atoms with E-state index in [-0.39, 0.29) is 12.3 Å². The van der Waals surface area contributed by atoms with E-state index in [0.717, 1.165) is 27.7 Å². The average molecular weight is 336 g/mol. The van der Waals surface area contributed by atoms with Crippen molar-refractivity contribution in [2.45, 2.75) is 20.3 Å². The second kappa shape index (κ2) is 6.81. The van der Waals surface area contributed by atoms with Gasteiger partial charge in [0.1, 0.15) is 0 Å². The summed E-state index contributed by atoms with van der Waals surface area (Å²) >= 11 is 0. The Balaban J connectivity index is 1.76. The number of esters is 1. The third-order valence-electron chi connectivity index (χ3n) is 4.20. The molecule has 1 amide bonds. The molecule has 0 saturated heterocycles. The van der Waals surface area contributed by atoms with Crippen LogP contribution >= 0.6 is 0 Å². The van der Waals surface area contributed by atoms with Crippen LogP contribution in [-0.2, 0) is 16.0 Å². The monoisotopic (exact) mass is 336 g/mol. The van der Waals surface area contributed by atoms with E-state index in [9.17, 15) is 9.59 Å². The number of methoxy groups -OCH3 is 1. The molecule has 1 aromatic heterocycles. The fourth-order valence-electron chi connectivity index (χ4n) is 2.90. The number of fused-ring (bicyclic) bond motifs is 1. The second-order valence-electron chi connectivity index (χ2n) is 6.07. The Hall–Kier alpha value is -3.08. The molecule has 0 saturated carbocycles. The van der Waals surface area contributed by atoms with Crippen LogP contribution in [0.5, 0.6) is 0 Å². The molecule has 3 aromatic rings. The minimum atomic E-state index is -0.400. The molecule has 5 heteroatoms. The Bertz CT molecular complexity index is 939. The zero-order chi connectivity index (χ0) is 18.0. The van der Waals surface area contributed by atoms with E-state index in [2.05, 4.69) is 21.1 Å². The maximum atomic E-state index is 12.4. The molecule has 0 radical (unpaired) electrons. The molecule has 1 heterocycles. The molecule has 5 nitrogen and oxygen atoms in total. The number of aryl methyl sites for hydroxylation is 2. The molecule has 0 aliphatic heterocycles. The molecule has 0 unspecified atom stereocenters. The molecule has 25 heavy (non-hydrogen) atoms. The minimum absolute atomic E-state index is 0.101. The van der Waals surface area contributed by atoms with Crippen molar-refractivity contribution in [3.63, 3.8) is 0 Å². The molecular weight excluding hydrogens is 316 g/mol. The summed E-state index contributed by atoms with van der Waals surface area (Å²) < 4.78 is 4.66. The van der Waals surface area contributed by atoms with Gasteiger partial charge >= 0.3 is 5.97 Å². The van der Waals surface area contributed by atoms with Crippen molar-refractivity contribution >= 4 is 28.5 Å². The number of carbonyl (C=O) groups is 2. The van der Waals surface area contributed by atoms with Crippen molar-refractivity contribution < 1.29 is 14.3 Å². The van der Waals surface area contributed by atoms with Crippen LogP contribution in [0.2, 0.25) is 0 Å². The minimum Gasteiger partial charge on any atom is -0.465 e. The Morgan fingerprint density at radius 3 is 2.48 bits per heavy atom. The first-order chi connectivity index (χ1) is 12.0. The van der Waals surface area contributed by atoms with Crippen LogP contribution in [0.4, 0.5) is 5.69 Å². The van der Waals surface area contributed by atoms with Crippen LogP contribution in [0.25, 0.3) is 10.9 Å². The topological polar surface area (TPSA) is 71.2 Å². The third kappa shape index (κ3) is 3.55. The number of rotatable bonds is 4. The van der Waals surface area contributed by atoms with E-state index < -0.39 is 5.97 Å². The van der Waals surface area contributed by atoms with Gasteiger partial charge in [-0.25, -0.2) is 4.79 Å². The highest BCUT2D eigenvalue weighted by Crippen LogP contribution is 2.24.